The van der Waals surface area contributed by atoms with Crippen LogP contribution in [0.5, 0.6) is 5.75 Å². The van der Waals surface area contributed by atoms with Crippen LogP contribution in [-0.2, 0) is 0 Å². The quantitative estimate of drug-likeness (QED) is 0.821. The van der Waals surface area contributed by atoms with Gasteiger partial charge in [0.25, 0.3) is 0 Å². The molecule has 0 radical (unpaired) electrons. The van der Waals surface area contributed by atoms with Crippen LogP contribution in [0.1, 0.15) is 54.7 Å². The first-order valence-corrected chi connectivity index (χ1v) is 6.86. The summed E-state index contributed by atoms with van der Waals surface area (Å²) in [7, 11) is 1.58. The molecule has 2 unspecified atom stereocenters. The molecule has 2 bridgehead atoms. The number of carbonyl (C=O) groups is 1. The second-order valence-corrected chi connectivity index (χ2v) is 5.61. The molecular formula is C16H19NO2. The van der Waals surface area contributed by atoms with Gasteiger partial charge in [0.1, 0.15) is 5.75 Å². The van der Waals surface area contributed by atoms with E-state index in [0.717, 1.165) is 12.2 Å². The number of fused-ring (bicyclic) bond motifs is 5. The molecule has 3 rings (SSSR count). The Morgan fingerprint density at radius 2 is 1.95 bits per heavy atom. The van der Waals surface area contributed by atoms with E-state index in [1.165, 1.54) is 16.7 Å². The third-order valence-electron chi connectivity index (χ3n) is 4.13. The highest BCUT2D eigenvalue weighted by molar-refractivity contribution is 5.72. The van der Waals surface area contributed by atoms with E-state index in [0.29, 0.717) is 17.8 Å². The van der Waals surface area contributed by atoms with Crippen molar-refractivity contribution >= 4 is 6.09 Å². The highest BCUT2D eigenvalue weighted by atomic mass is 16.6. The van der Waals surface area contributed by atoms with Crippen molar-refractivity contribution < 1.29 is 9.53 Å². The Kier molecular flexibility index (Phi) is 2.85. The fourth-order valence-electron chi connectivity index (χ4n) is 3.30. The first-order chi connectivity index (χ1) is 9.11. The van der Waals surface area contributed by atoms with Crippen molar-refractivity contribution in [2.45, 2.75) is 38.0 Å². The fourth-order valence-corrected chi connectivity index (χ4v) is 3.30. The molecule has 0 heterocycles. The molecule has 2 aliphatic carbocycles. The number of hydrogen-bond acceptors (Lipinski definition) is 2. The lowest BCUT2D eigenvalue weighted by atomic mass is 9.87. The molecule has 0 fully saturated rings. The molecule has 1 N–H and O–H groups in total. The largest absolute Gasteiger partial charge is 0.412 e. The van der Waals surface area contributed by atoms with Gasteiger partial charge in [0.2, 0.25) is 0 Å². The lowest BCUT2D eigenvalue weighted by Crippen LogP contribution is -2.23. The maximum Gasteiger partial charge on any atom is 0.412 e. The predicted molar refractivity (Wildman–Crippen MR) is 74.9 cm³/mol. The molecule has 19 heavy (non-hydrogen) atoms. The number of hydrogen-bond donors (Lipinski definition) is 1. The second-order valence-electron chi connectivity index (χ2n) is 5.61. The minimum Gasteiger partial charge on any atom is -0.410 e. The molecule has 0 saturated carbocycles. The van der Waals surface area contributed by atoms with Gasteiger partial charge in [-0.25, -0.2) is 4.79 Å². The number of allylic oxidation sites excluding steroid dienone is 2. The van der Waals surface area contributed by atoms with Crippen LogP contribution < -0.4 is 10.1 Å². The Labute approximate surface area is 113 Å². The van der Waals surface area contributed by atoms with E-state index >= 15 is 0 Å². The molecule has 1 aromatic rings. The zero-order valence-electron chi connectivity index (χ0n) is 11.6. The highest BCUT2D eigenvalue weighted by Crippen LogP contribution is 2.54. The van der Waals surface area contributed by atoms with Crippen LogP contribution in [-0.4, -0.2) is 13.1 Å². The van der Waals surface area contributed by atoms with E-state index in [1.807, 2.05) is 6.07 Å². The van der Waals surface area contributed by atoms with Crippen molar-refractivity contribution in [2.75, 3.05) is 7.05 Å². The molecule has 1 aromatic carbocycles. The smallest absolute Gasteiger partial charge is 0.410 e. The van der Waals surface area contributed by atoms with Crippen molar-refractivity contribution in [3.8, 4) is 5.75 Å². The Hall–Kier alpha value is -1.77. The van der Waals surface area contributed by atoms with E-state index < -0.39 is 6.09 Å². The molecule has 0 aliphatic heterocycles. The standard InChI is InChI=1S/C16H19NO2/c1-9(2)12-6-7-13(19-16(18)17-3)15-11-5-4-10(8-11)14(12)15/h4-7,9-11H,8H2,1-3H3,(H,17,18). The number of rotatable bonds is 2. The summed E-state index contributed by atoms with van der Waals surface area (Å²) >= 11 is 0. The minimum atomic E-state index is -0.397. The molecular weight excluding hydrogens is 238 g/mol. The minimum absolute atomic E-state index is 0.397. The van der Waals surface area contributed by atoms with Crippen LogP contribution >= 0.6 is 0 Å². The summed E-state index contributed by atoms with van der Waals surface area (Å²) in [5.74, 6) is 2.13. The van der Waals surface area contributed by atoms with Gasteiger partial charge in [-0.1, -0.05) is 32.1 Å². The number of ether oxygens (including phenoxy) is 1. The Bertz CT molecular complexity index is 560. The van der Waals surface area contributed by atoms with Crippen molar-refractivity contribution in [3.05, 3.63) is 41.0 Å². The molecule has 0 aromatic heterocycles. The first kappa shape index (κ1) is 12.3. The second kappa shape index (κ2) is 4.41. The zero-order valence-corrected chi connectivity index (χ0v) is 11.6. The molecule has 3 heteroatoms. The highest BCUT2D eigenvalue weighted by Gasteiger charge is 2.37. The van der Waals surface area contributed by atoms with Crippen LogP contribution in [0.2, 0.25) is 0 Å². The topological polar surface area (TPSA) is 38.3 Å². The Morgan fingerprint density at radius 3 is 2.58 bits per heavy atom. The Balaban J connectivity index is 2.09. The van der Waals surface area contributed by atoms with E-state index in [-0.39, 0.29) is 0 Å². The zero-order chi connectivity index (χ0) is 13.6. The Morgan fingerprint density at radius 1 is 1.26 bits per heavy atom. The van der Waals surface area contributed by atoms with E-state index in [4.69, 9.17) is 4.74 Å². The third-order valence-corrected chi connectivity index (χ3v) is 4.13. The summed E-state index contributed by atoms with van der Waals surface area (Å²) in [5, 5.41) is 2.51. The lowest BCUT2D eigenvalue weighted by Gasteiger charge is -2.20. The third kappa shape index (κ3) is 1.84. The molecule has 1 amide bonds. The molecule has 0 spiro atoms. The van der Waals surface area contributed by atoms with Gasteiger partial charge < -0.3 is 10.1 Å². The van der Waals surface area contributed by atoms with E-state index in [9.17, 15) is 4.79 Å². The van der Waals surface area contributed by atoms with E-state index in [1.54, 1.807) is 7.05 Å². The van der Waals surface area contributed by atoms with Gasteiger partial charge >= 0.3 is 6.09 Å². The number of carbonyl (C=O) groups excluding carboxylic acids is 1. The maximum atomic E-state index is 11.5. The lowest BCUT2D eigenvalue weighted by molar-refractivity contribution is 0.202. The van der Waals surface area contributed by atoms with Gasteiger partial charge in [-0.05, 0) is 29.5 Å². The van der Waals surface area contributed by atoms with Crippen molar-refractivity contribution in [1.82, 2.24) is 5.32 Å². The summed E-state index contributed by atoms with van der Waals surface area (Å²) in [5.41, 5.74) is 4.00. The summed E-state index contributed by atoms with van der Waals surface area (Å²) in [6.07, 6.45) is 5.27. The maximum absolute atomic E-state index is 11.5. The van der Waals surface area contributed by atoms with E-state index in [2.05, 4.69) is 37.4 Å². The SMILES string of the molecule is CNC(=O)Oc1ccc(C(C)C)c2c1C1C=CC2C1. The van der Waals surface area contributed by atoms with Crippen LogP contribution in [0.4, 0.5) is 4.79 Å². The van der Waals surface area contributed by atoms with Gasteiger partial charge in [-0.2, -0.15) is 0 Å². The summed E-state index contributed by atoms with van der Waals surface area (Å²) in [4.78, 5) is 11.5. The molecule has 0 saturated heterocycles. The van der Waals surface area contributed by atoms with Gasteiger partial charge in [0.15, 0.2) is 0 Å². The van der Waals surface area contributed by atoms with Gasteiger partial charge in [-0.3, -0.25) is 0 Å². The van der Waals surface area contributed by atoms with Gasteiger partial charge in [-0.15, -0.1) is 0 Å². The average Bonchev–Trinajstić information content (AvgIpc) is 3.00. The van der Waals surface area contributed by atoms with Crippen LogP contribution in [0.25, 0.3) is 0 Å². The molecule has 3 nitrogen and oxygen atoms in total. The number of amides is 1. The number of nitrogens with one attached hydrogen (secondary N) is 1. The number of benzene rings is 1. The summed E-state index contributed by atoms with van der Waals surface area (Å²) in [6, 6.07) is 4.05. The fraction of sp³-hybridized carbons (Fsp3) is 0.438. The monoisotopic (exact) mass is 257 g/mol. The first-order valence-electron chi connectivity index (χ1n) is 6.86. The van der Waals surface area contributed by atoms with Crippen LogP contribution in [0.3, 0.4) is 0 Å². The summed E-state index contributed by atoms with van der Waals surface area (Å²) < 4.78 is 5.41. The molecule has 2 aliphatic rings. The van der Waals surface area contributed by atoms with Crippen LogP contribution in [0, 0.1) is 0 Å². The summed E-state index contributed by atoms with van der Waals surface area (Å²) in [6.45, 7) is 4.43. The van der Waals surface area contributed by atoms with Crippen molar-refractivity contribution in [2.24, 2.45) is 0 Å². The van der Waals surface area contributed by atoms with Crippen LogP contribution in [0.15, 0.2) is 24.3 Å². The average molecular weight is 257 g/mol. The molecule has 2 atom stereocenters. The van der Waals surface area contributed by atoms with Crippen molar-refractivity contribution in [1.29, 1.82) is 0 Å². The van der Waals surface area contributed by atoms with Gasteiger partial charge in [0.05, 0.1) is 0 Å². The predicted octanol–water partition coefficient (Wildman–Crippen LogP) is 3.67. The van der Waals surface area contributed by atoms with Crippen molar-refractivity contribution in [3.63, 3.8) is 0 Å². The van der Waals surface area contributed by atoms with Gasteiger partial charge in [0, 0.05) is 24.4 Å². The molecule has 100 valence electrons. The normalized spacial score (nSPS) is 22.7.